The molecule has 1 saturated heterocycles. The summed E-state index contributed by atoms with van der Waals surface area (Å²) >= 11 is 3.38. The minimum absolute atomic E-state index is 0.0116. The molecule has 2 unspecified atom stereocenters. The first-order valence-corrected chi connectivity index (χ1v) is 6.14. The number of hydrogen-bond acceptors (Lipinski definition) is 5. The molecule has 2 atom stereocenters. The third-order valence-corrected chi connectivity index (χ3v) is 3.45. The van der Waals surface area contributed by atoms with Crippen LogP contribution in [0.1, 0.15) is 31.0 Å². The maximum absolute atomic E-state index is 5.60. The number of hydrogen-bond donors (Lipinski definition) is 2. The van der Waals surface area contributed by atoms with Gasteiger partial charge in [-0.15, -0.1) is 5.10 Å². The van der Waals surface area contributed by atoms with Crippen LogP contribution in [0.4, 0.5) is 0 Å². The lowest BCUT2D eigenvalue weighted by molar-refractivity contribution is 0.0936. The SMILES string of the molecule is Cn1nnc(Br)c1C(CC1CCCO1)NN. The van der Waals surface area contributed by atoms with Gasteiger partial charge in [0.15, 0.2) is 4.60 Å². The molecule has 0 spiro atoms. The molecule has 0 bridgehead atoms. The van der Waals surface area contributed by atoms with Crippen molar-refractivity contribution in [3.8, 4) is 0 Å². The summed E-state index contributed by atoms with van der Waals surface area (Å²) in [5.74, 6) is 5.58. The lowest BCUT2D eigenvalue weighted by Gasteiger charge is -2.19. The molecule has 1 fully saturated rings. The average molecular weight is 290 g/mol. The van der Waals surface area contributed by atoms with Crippen molar-refractivity contribution in [3.05, 3.63) is 10.3 Å². The first-order valence-electron chi connectivity index (χ1n) is 5.35. The van der Waals surface area contributed by atoms with Crippen molar-refractivity contribution >= 4 is 15.9 Å². The van der Waals surface area contributed by atoms with Gasteiger partial charge in [0, 0.05) is 13.7 Å². The predicted octanol–water partition coefficient (Wildman–Crippen LogP) is 0.651. The van der Waals surface area contributed by atoms with Gasteiger partial charge in [-0.05, 0) is 35.2 Å². The Balaban J connectivity index is 2.09. The summed E-state index contributed by atoms with van der Waals surface area (Å²) in [5, 5.41) is 7.90. The van der Waals surface area contributed by atoms with E-state index in [1.54, 1.807) is 4.68 Å². The van der Waals surface area contributed by atoms with Crippen molar-refractivity contribution in [3.63, 3.8) is 0 Å². The molecule has 1 aliphatic heterocycles. The van der Waals surface area contributed by atoms with Crippen LogP contribution in [-0.4, -0.2) is 27.7 Å². The zero-order chi connectivity index (χ0) is 11.5. The Morgan fingerprint density at radius 3 is 3.06 bits per heavy atom. The van der Waals surface area contributed by atoms with E-state index >= 15 is 0 Å². The minimum atomic E-state index is 0.0116. The van der Waals surface area contributed by atoms with Crippen molar-refractivity contribution in [2.45, 2.75) is 31.4 Å². The van der Waals surface area contributed by atoms with Crippen LogP contribution < -0.4 is 11.3 Å². The summed E-state index contributed by atoms with van der Waals surface area (Å²) in [4.78, 5) is 0. The number of aryl methyl sites for hydroxylation is 1. The third kappa shape index (κ3) is 2.42. The lowest BCUT2D eigenvalue weighted by Crippen LogP contribution is -2.32. The second-order valence-corrected chi connectivity index (χ2v) is 4.73. The highest BCUT2D eigenvalue weighted by atomic mass is 79.9. The van der Waals surface area contributed by atoms with Gasteiger partial charge in [-0.25, -0.2) is 4.68 Å². The third-order valence-electron chi connectivity index (χ3n) is 2.88. The van der Waals surface area contributed by atoms with Crippen LogP contribution in [0, 0.1) is 0 Å². The van der Waals surface area contributed by atoms with E-state index in [0.717, 1.165) is 36.2 Å². The summed E-state index contributed by atoms with van der Waals surface area (Å²) < 4.78 is 8.06. The maximum atomic E-state index is 5.60. The standard InChI is InChI=1S/C9H16BrN5O/c1-15-8(9(10)13-14-15)7(12-11)5-6-3-2-4-16-6/h6-7,12H,2-5,11H2,1H3. The highest BCUT2D eigenvalue weighted by Gasteiger charge is 2.25. The summed E-state index contributed by atoms with van der Waals surface area (Å²) in [7, 11) is 1.85. The largest absolute Gasteiger partial charge is 0.378 e. The fourth-order valence-corrected chi connectivity index (χ4v) is 2.66. The number of aromatic nitrogens is 3. The molecule has 0 aliphatic carbocycles. The van der Waals surface area contributed by atoms with Crippen molar-refractivity contribution < 1.29 is 4.74 Å². The Hall–Kier alpha value is -0.500. The second kappa shape index (κ2) is 5.22. The highest BCUT2D eigenvalue weighted by Crippen LogP contribution is 2.27. The number of rotatable bonds is 4. The molecule has 1 aromatic rings. The smallest absolute Gasteiger partial charge is 0.153 e. The molecule has 0 amide bonds. The van der Waals surface area contributed by atoms with Crippen LogP contribution in [-0.2, 0) is 11.8 Å². The Bertz CT molecular complexity index is 330. The summed E-state index contributed by atoms with van der Waals surface area (Å²) in [6.45, 7) is 0.854. The van der Waals surface area contributed by atoms with Crippen LogP contribution in [0.3, 0.4) is 0 Å². The molecule has 7 heteroatoms. The summed E-state index contributed by atoms with van der Waals surface area (Å²) in [6, 6.07) is 0.0116. The van der Waals surface area contributed by atoms with Gasteiger partial charge in [0.1, 0.15) is 0 Å². The van der Waals surface area contributed by atoms with E-state index in [9.17, 15) is 0 Å². The predicted molar refractivity (Wildman–Crippen MR) is 62.4 cm³/mol. The zero-order valence-corrected chi connectivity index (χ0v) is 10.8. The van der Waals surface area contributed by atoms with Crippen LogP contribution >= 0.6 is 15.9 Å². The fraction of sp³-hybridized carbons (Fsp3) is 0.778. The molecule has 0 saturated carbocycles. The summed E-state index contributed by atoms with van der Waals surface area (Å²) in [5.41, 5.74) is 3.76. The topological polar surface area (TPSA) is 78.0 Å². The van der Waals surface area contributed by atoms with Crippen molar-refractivity contribution in [2.24, 2.45) is 12.9 Å². The van der Waals surface area contributed by atoms with E-state index < -0.39 is 0 Å². The van der Waals surface area contributed by atoms with Gasteiger partial charge >= 0.3 is 0 Å². The maximum Gasteiger partial charge on any atom is 0.153 e. The van der Waals surface area contributed by atoms with Gasteiger partial charge in [-0.3, -0.25) is 11.3 Å². The molecule has 1 aromatic heterocycles. The molecule has 2 rings (SSSR count). The Morgan fingerprint density at radius 1 is 1.75 bits per heavy atom. The second-order valence-electron chi connectivity index (χ2n) is 3.98. The molecule has 6 nitrogen and oxygen atoms in total. The number of nitrogens with two attached hydrogens (primary N) is 1. The first-order chi connectivity index (χ1) is 7.72. The van der Waals surface area contributed by atoms with E-state index in [4.69, 9.17) is 10.6 Å². The van der Waals surface area contributed by atoms with Gasteiger partial charge in [0.05, 0.1) is 17.8 Å². The zero-order valence-electron chi connectivity index (χ0n) is 9.19. The number of hydrazine groups is 1. The molecule has 16 heavy (non-hydrogen) atoms. The quantitative estimate of drug-likeness (QED) is 0.629. The van der Waals surface area contributed by atoms with E-state index in [0.29, 0.717) is 0 Å². The average Bonchev–Trinajstić information content (AvgIpc) is 2.87. The number of halogens is 1. The van der Waals surface area contributed by atoms with E-state index in [2.05, 4.69) is 31.7 Å². The highest BCUT2D eigenvalue weighted by molar-refractivity contribution is 9.10. The summed E-state index contributed by atoms with van der Waals surface area (Å²) in [6.07, 6.45) is 3.35. The molecular weight excluding hydrogens is 274 g/mol. The van der Waals surface area contributed by atoms with Crippen molar-refractivity contribution in [2.75, 3.05) is 6.61 Å². The molecule has 1 aliphatic rings. The van der Waals surface area contributed by atoms with E-state index in [1.165, 1.54) is 0 Å². The number of nitrogens with zero attached hydrogens (tertiary/aromatic N) is 3. The number of nitrogens with one attached hydrogen (secondary N) is 1. The first kappa shape index (κ1) is 12.0. The van der Waals surface area contributed by atoms with Gasteiger partial charge in [0.25, 0.3) is 0 Å². The lowest BCUT2D eigenvalue weighted by atomic mass is 10.1. The van der Waals surface area contributed by atoms with Crippen molar-refractivity contribution in [1.82, 2.24) is 20.4 Å². The molecule has 90 valence electrons. The van der Waals surface area contributed by atoms with Crippen LogP contribution in [0.5, 0.6) is 0 Å². The van der Waals surface area contributed by atoms with Gasteiger partial charge in [-0.1, -0.05) is 5.21 Å². The minimum Gasteiger partial charge on any atom is -0.378 e. The van der Waals surface area contributed by atoms with Gasteiger partial charge in [0.2, 0.25) is 0 Å². The molecule has 0 radical (unpaired) electrons. The molecule has 0 aromatic carbocycles. The van der Waals surface area contributed by atoms with Crippen molar-refractivity contribution in [1.29, 1.82) is 0 Å². The van der Waals surface area contributed by atoms with Gasteiger partial charge < -0.3 is 4.74 Å². The molecule has 3 N–H and O–H groups in total. The molecular formula is C9H16BrN5O. The monoisotopic (exact) mass is 289 g/mol. The normalized spacial score (nSPS) is 22.6. The Morgan fingerprint density at radius 2 is 2.56 bits per heavy atom. The van der Waals surface area contributed by atoms with E-state index in [1.807, 2.05) is 7.05 Å². The Labute approximate surface area is 103 Å². The Kier molecular flexibility index (Phi) is 3.91. The van der Waals surface area contributed by atoms with Gasteiger partial charge in [-0.2, -0.15) is 0 Å². The molecule has 2 heterocycles. The van der Waals surface area contributed by atoms with Crippen LogP contribution in [0.2, 0.25) is 0 Å². The van der Waals surface area contributed by atoms with Crippen LogP contribution in [0.25, 0.3) is 0 Å². The van der Waals surface area contributed by atoms with Crippen LogP contribution in [0.15, 0.2) is 4.60 Å². The number of ether oxygens (including phenoxy) is 1. The fourth-order valence-electron chi connectivity index (χ4n) is 2.06. The van der Waals surface area contributed by atoms with E-state index in [-0.39, 0.29) is 12.1 Å².